The van der Waals surface area contributed by atoms with Crippen molar-refractivity contribution in [1.29, 1.82) is 0 Å². The Morgan fingerprint density at radius 3 is 2.64 bits per heavy atom. The summed E-state index contributed by atoms with van der Waals surface area (Å²) in [5.41, 5.74) is 5.57. The van der Waals surface area contributed by atoms with Gasteiger partial charge in [-0.25, -0.2) is 0 Å². The minimum Gasteiger partial charge on any atom is -0.391 e. The van der Waals surface area contributed by atoms with Crippen LogP contribution in [0.1, 0.15) is 12.8 Å². The summed E-state index contributed by atoms with van der Waals surface area (Å²) in [6.45, 7) is 1.74. The van der Waals surface area contributed by atoms with Gasteiger partial charge in [-0.1, -0.05) is 0 Å². The second-order valence-electron chi connectivity index (χ2n) is 2.58. The van der Waals surface area contributed by atoms with Gasteiger partial charge in [-0.3, -0.25) is 0 Å². The average molecular weight is 203 g/mol. The van der Waals surface area contributed by atoms with E-state index in [1.165, 1.54) is 0 Å². The lowest BCUT2D eigenvalue weighted by Gasteiger charge is -2.13. The molecule has 0 saturated carbocycles. The Hall–Kier alpha value is 0.460. The molecule has 1 saturated heterocycles. The van der Waals surface area contributed by atoms with Crippen LogP contribution in [0.4, 0.5) is 0 Å². The Morgan fingerprint density at radius 2 is 2.00 bits per heavy atom. The molecule has 0 aromatic heterocycles. The monoisotopic (exact) mass is 202 g/mol. The van der Waals surface area contributed by atoms with E-state index >= 15 is 0 Å². The molecule has 0 aromatic rings. The highest BCUT2D eigenvalue weighted by Crippen LogP contribution is 2.02. The van der Waals surface area contributed by atoms with Crippen molar-refractivity contribution >= 4 is 24.8 Å². The van der Waals surface area contributed by atoms with E-state index in [0.717, 1.165) is 25.9 Å². The number of hydrogen-bond acceptors (Lipinski definition) is 3. The van der Waals surface area contributed by atoms with Crippen LogP contribution in [0, 0.1) is 0 Å². The number of hydrogen-bond donors (Lipinski definition) is 3. The molecule has 11 heavy (non-hydrogen) atoms. The first kappa shape index (κ1) is 14.0. The Morgan fingerprint density at radius 1 is 1.36 bits per heavy atom. The van der Waals surface area contributed by atoms with Crippen LogP contribution in [-0.2, 0) is 0 Å². The molecule has 0 amide bonds. The molecule has 0 aliphatic carbocycles. The second kappa shape index (κ2) is 7.13. The van der Waals surface area contributed by atoms with Crippen molar-refractivity contribution < 1.29 is 5.11 Å². The third-order valence-corrected chi connectivity index (χ3v) is 1.73. The first-order valence-corrected chi connectivity index (χ1v) is 3.45. The lowest BCUT2D eigenvalue weighted by molar-refractivity contribution is 0.141. The molecule has 1 rings (SSSR count). The van der Waals surface area contributed by atoms with Crippen molar-refractivity contribution in [3.8, 4) is 0 Å². The van der Waals surface area contributed by atoms with Gasteiger partial charge < -0.3 is 16.2 Å². The average Bonchev–Trinajstić information content (AvgIpc) is 1.99. The maximum absolute atomic E-state index is 9.19. The molecule has 2 atom stereocenters. The number of aliphatic hydroxyl groups excluding tert-OH is 1. The highest BCUT2D eigenvalue weighted by Gasteiger charge is 2.16. The second-order valence-corrected chi connectivity index (χ2v) is 2.58. The highest BCUT2D eigenvalue weighted by atomic mass is 35.5. The number of rotatable bonds is 0. The molecule has 1 heterocycles. The van der Waals surface area contributed by atoms with Crippen molar-refractivity contribution in [3.63, 3.8) is 0 Å². The summed E-state index contributed by atoms with van der Waals surface area (Å²) in [6, 6.07) is -0.0625. The van der Waals surface area contributed by atoms with Crippen LogP contribution in [0.5, 0.6) is 0 Å². The van der Waals surface area contributed by atoms with Gasteiger partial charge >= 0.3 is 0 Å². The molecule has 3 nitrogen and oxygen atoms in total. The molecular formula is C6H16Cl2N2O. The Bertz CT molecular complexity index is 84.7. The fraction of sp³-hybridized carbons (Fsp3) is 1.00. The molecule has 0 spiro atoms. The van der Waals surface area contributed by atoms with E-state index in [2.05, 4.69) is 5.32 Å². The predicted octanol–water partition coefficient (Wildman–Crippen LogP) is -0.0984. The third-order valence-electron chi connectivity index (χ3n) is 1.73. The standard InChI is InChI=1S/C6H14N2O.2ClH/c7-5-4-8-3-1-2-6(5)9;;/h5-6,8-9H,1-4,7H2;2*1H/t5-,6-;;/m1../s1. The van der Waals surface area contributed by atoms with Gasteiger partial charge in [0.2, 0.25) is 0 Å². The van der Waals surface area contributed by atoms with Crippen LogP contribution in [0.3, 0.4) is 0 Å². The summed E-state index contributed by atoms with van der Waals surface area (Å²) < 4.78 is 0. The first-order chi connectivity index (χ1) is 4.30. The van der Waals surface area contributed by atoms with Crippen molar-refractivity contribution in [2.45, 2.75) is 25.0 Å². The fourth-order valence-electron chi connectivity index (χ4n) is 1.06. The van der Waals surface area contributed by atoms with Gasteiger partial charge in [-0.15, -0.1) is 24.8 Å². The van der Waals surface area contributed by atoms with Crippen LogP contribution in [0.2, 0.25) is 0 Å². The molecule has 0 unspecified atom stereocenters. The van der Waals surface area contributed by atoms with E-state index in [1.54, 1.807) is 0 Å². The topological polar surface area (TPSA) is 58.3 Å². The van der Waals surface area contributed by atoms with E-state index in [9.17, 15) is 5.11 Å². The molecule has 1 aliphatic heterocycles. The van der Waals surface area contributed by atoms with E-state index < -0.39 is 0 Å². The zero-order chi connectivity index (χ0) is 6.69. The molecule has 1 fully saturated rings. The van der Waals surface area contributed by atoms with E-state index in [1.807, 2.05) is 0 Å². The van der Waals surface area contributed by atoms with Crippen molar-refractivity contribution in [2.75, 3.05) is 13.1 Å². The number of halogens is 2. The van der Waals surface area contributed by atoms with E-state index in [0.29, 0.717) is 0 Å². The van der Waals surface area contributed by atoms with E-state index in [-0.39, 0.29) is 37.0 Å². The van der Waals surface area contributed by atoms with Crippen LogP contribution in [-0.4, -0.2) is 30.3 Å². The summed E-state index contributed by atoms with van der Waals surface area (Å²) in [6.07, 6.45) is 1.59. The minimum absolute atomic E-state index is 0. The Kier molecular flexibility index (Phi) is 9.08. The number of nitrogens with one attached hydrogen (secondary N) is 1. The molecule has 0 radical (unpaired) electrons. The highest BCUT2D eigenvalue weighted by molar-refractivity contribution is 5.85. The lowest BCUT2D eigenvalue weighted by atomic mass is 10.1. The molecule has 4 N–H and O–H groups in total. The number of nitrogens with two attached hydrogens (primary N) is 1. The summed E-state index contributed by atoms with van der Waals surface area (Å²) in [5.74, 6) is 0. The lowest BCUT2D eigenvalue weighted by Crippen LogP contribution is -2.40. The van der Waals surface area contributed by atoms with Gasteiger partial charge in [-0.2, -0.15) is 0 Å². The predicted molar refractivity (Wildman–Crippen MR) is 50.6 cm³/mol. The largest absolute Gasteiger partial charge is 0.391 e. The smallest absolute Gasteiger partial charge is 0.0704 e. The molecule has 0 bridgehead atoms. The van der Waals surface area contributed by atoms with Crippen LogP contribution in [0.15, 0.2) is 0 Å². The summed E-state index contributed by atoms with van der Waals surface area (Å²) in [7, 11) is 0. The van der Waals surface area contributed by atoms with E-state index in [4.69, 9.17) is 5.73 Å². The van der Waals surface area contributed by atoms with Crippen LogP contribution < -0.4 is 11.1 Å². The molecule has 0 aromatic carbocycles. The van der Waals surface area contributed by atoms with Crippen molar-refractivity contribution in [2.24, 2.45) is 5.73 Å². The van der Waals surface area contributed by atoms with Crippen LogP contribution in [0.25, 0.3) is 0 Å². The molecule has 5 heteroatoms. The maximum atomic E-state index is 9.19. The summed E-state index contributed by atoms with van der Waals surface area (Å²) in [4.78, 5) is 0. The van der Waals surface area contributed by atoms with Gasteiger partial charge in [0.15, 0.2) is 0 Å². The maximum Gasteiger partial charge on any atom is 0.0704 e. The first-order valence-electron chi connectivity index (χ1n) is 3.45. The van der Waals surface area contributed by atoms with Gasteiger partial charge in [0.05, 0.1) is 6.10 Å². The molecule has 1 aliphatic rings. The van der Waals surface area contributed by atoms with Crippen LogP contribution >= 0.6 is 24.8 Å². The fourth-order valence-corrected chi connectivity index (χ4v) is 1.06. The summed E-state index contributed by atoms with van der Waals surface area (Å²) in [5, 5.41) is 12.3. The Labute approximate surface area is 79.5 Å². The Balaban J connectivity index is 0. The van der Waals surface area contributed by atoms with Crippen molar-refractivity contribution in [3.05, 3.63) is 0 Å². The molecule has 70 valence electrons. The SMILES string of the molecule is Cl.Cl.N[C@@H]1CNCCC[C@H]1O. The number of aliphatic hydroxyl groups is 1. The normalized spacial score (nSPS) is 31.1. The van der Waals surface area contributed by atoms with Gasteiger partial charge in [0, 0.05) is 12.6 Å². The zero-order valence-corrected chi connectivity index (χ0v) is 7.96. The third kappa shape index (κ3) is 4.82. The zero-order valence-electron chi connectivity index (χ0n) is 6.32. The summed E-state index contributed by atoms with van der Waals surface area (Å²) >= 11 is 0. The quantitative estimate of drug-likeness (QED) is 0.515. The molecular weight excluding hydrogens is 187 g/mol. The van der Waals surface area contributed by atoms with Gasteiger partial charge in [-0.05, 0) is 19.4 Å². The van der Waals surface area contributed by atoms with Gasteiger partial charge in [0.25, 0.3) is 0 Å². The minimum atomic E-state index is -0.292. The van der Waals surface area contributed by atoms with Crippen molar-refractivity contribution in [1.82, 2.24) is 5.32 Å². The van der Waals surface area contributed by atoms with Gasteiger partial charge in [0.1, 0.15) is 0 Å².